The Hall–Kier alpha value is -0.920. The molecule has 0 bridgehead atoms. The van der Waals surface area contributed by atoms with Gasteiger partial charge in [0.25, 0.3) is 0 Å². The fourth-order valence-electron chi connectivity index (χ4n) is 1.90. The minimum atomic E-state index is -4.41. The smallest absolute Gasteiger partial charge is 0.243 e. The zero-order valence-corrected chi connectivity index (χ0v) is 13.6. The van der Waals surface area contributed by atoms with Crippen LogP contribution in [0.5, 0.6) is 0 Å². The minimum Gasteiger partial charge on any atom is -0.726 e. The van der Waals surface area contributed by atoms with E-state index in [2.05, 4.69) is 52.9 Å². The summed E-state index contributed by atoms with van der Waals surface area (Å²) in [7, 11) is -1.52. The molecule has 1 heterocycles. The van der Waals surface area contributed by atoms with E-state index < -0.39 is 10.4 Å². The minimum absolute atomic E-state index is 0.709. The maximum absolute atomic E-state index is 9.22. The quantitative estimate of drug-likeness (QED) is 0.438. The van der Waals surface area contributed by atoms with Crippen LogP contribution in [0.25, 0.3) is 0 Å². The van der Waals surface area contributed by atoms with Crippen LogP contribution in [0.15, 0.2) is 18.7 Å². The SMILES string of the molecule is CCCCC(CCC)n1cc[n+](C)c1.COS(=O)(=O)[O-]. The van der Waals surface area contributed by atoms with Crippen molar-refractivity contribution in [3.8, 4) is 0 Å². The highest BCUT2D eigenvalue weighted by Crippen LogP contribution is 2.19. The number of aromatic nitrogens is 2. The molecule has 0 aliphatic heterocycles. The van der Waals surface area contributed by atoms with E-state index in [9.17, 15) is 13.0 Å². The van der Waals surface area contributed by atoms with Crippen molar-refractivity contribution in [3.05, 3.63) is 18.7 Å². The molecule has 7 heteroatoms. The molecule has 0 aliphatic carbocycles. The first-order chi connectivity index (χ1) is 9.34. The Morgan fingerprint density at radius 1 is 1.30 bits per heavy atom. The average molecular weight is 306 g/mol. The Morgan fingerprint density at radius 3 is 2.25 bits per heavy atom. The Labute approximate surface area is 122 Å². The molecule has 1 aromatic heterocycles. The summed E-state index contributed by atoms with van der Waals surface area (Å²) in [5.74, 6) is 0. The van der Waals surface area contributed by atoms with E-state index in [0.717, 1.165) is 7.11 Å². The monoisotopic (exact) mass is 306 g/mol. The Bertz CT molecular complexity index is 457. The van der Waals surface area contributed by atoms with Gasteiger partial charge in [-0.05, 0) is 19.3 Å². The van der Waals surface area contributed by atoms with E-state index in [1.807, 2.05) is 0 Å². The largest absolute Gasteiger partial charge is 0.726 e. The van der Waals surface area contributed by atoms with Crippen molar-refractivity contribution in [1.29, 1.82) is 0 Å². The third-order valence-electron chi connectivity index (χ3n) is 2.93. The van der Waals surface area contributed by atoms with Crippen LogP contribution >= 0.6 is 0 Å². The zero-order valence-electron chi connectivity index (χ0n) is 12.8. The van der Waals surface area contributed by atoms with Crippen LogP contribution in [0.1, 0.15) is 52.0 Å². The number of aryl methyl sites for hydroxylation is 1. The van der Waals surface area contributed by atoms with Crippen molar-refractivity contribution in [2.24, 2.45) is 7.05 Å². The van der Waals surface area contributed by atoms with Gasteiger partial charge in [-0.15, -0.1) is 0 Å². The topological polar surface area (TPSA) is 75.2 Å². The molecule has 1 aromatic rings. The van der Waals surface area contributed by atoms with Crippen LogP contribution in [0.4, 0.5) is 0 Å². The van der Waals surface area contributed by atoms with Gasteiger partial charge in [-0.2, -0.15) is 0 Å². The molecule has 20 heavy (non-hydrogen) atoms. The highest BCUT2D eigenvalue weighted by atomic mass is 32.3. The van der Waals surface area contributed by atoms with Crippen LogP contribution < -0.4 is 4.57 Å². The van der Waals surface area contributed by atoms with Gasteiger partial charge in [-0.1, -0.05) is 26.7 Å². The molecule has 0 spiro atoms. The average Bonchev–Trinajstić information content (AvgIpc) is 2.81. The standard InChI is InChI=1S/C12H23N2.CH4O4S/c1-4-6-8-12(7-5-2)14-10-9-13(3)11-14;1-5-6(2,3)4/h9-12H,4-8H2,1-3H3;1H3,(H,2,3,4)/q+1;/p-1. The molecule has 0 amide bonds. The van der Waals surface area contributed by atoms with Crippen LogP contribution in [0, 0.1) is 0 Å². The predicted molar refractivity (Wildman–Crippen MR) is 75.8 cm³/mol. The lowest BCUT2D eigenvalue weighted by atomic mass is 10.1. The number of hydrogen-bond acceptors (Lipinski definition) is 4. The summed E-state index contributed by atoms with van der Waals surface area (Å²) in [6, 6.07) is 0.709. The van der Waals surface area contributed by atoms with E-state index >= 15 is 0 Å². The molecule has 6 nitrogen and oxygen atoms in total. The molecule has 1 atom stereocenters. The van der Waals surface area contributed by atoms with Gasteiger partial charge in [0.15, 0.2) is 0 Å². The number of rotatable bonds is 7. The number of unbranched alkanes of at least 4 members (excludes halogenated alkanes) is 1. The van der Waals surface area contributed by atoms with Gasteiger partial charge in [-0.3, -0.25) is 4.18 Å². The fourth-order valence-corrected chi connectivity index (χ4v) is 1.90. The Kier molecular flexibility index (Phi) is 9.45. The molecular weight excluding hydrogens is 280 g/mol. The molecule has 0 fully saturated rings. The summed E-state index contributed by atoms with van der Waals surface area (Å²) in [4.78, 5) is 0. The maximum Gasteiger partial charge on any atom is 0.243 e. The summed E-state index contributed by atoms with van der Waals surface area (Å²) in [6.07, 6.45) is 13.0. The second-order valence-electron chi connectivity index (χ2n) is 4.69. The van der Waals surface area contributed by atoms with Gasteiger partial charge in [0.05, 0.1) is 14.2 Å². The first kappa shape index (κ1) is 19.1. The predicted octanol–water partition coefficient (Wildman–Crippen LogP) is 1.94. The first-order valence-electron chi connectivity index (χ1n) is 6.88. The normalized spacial score (nSPS) is 12.7. The molecule has 1 rings (SSSR count). The van der Waals surface area contributed by atoms with Crippen LogP contribution in [0.2, 0.25) is 0 Å². The van der Waals surface area contributed by atoms with Gasteiger partial charge in [0, 0.05) is 0 Å². The van der Waals surface area contributed by atoms with Crippen molar-refractivity contribution < 1.29 is 21.7 Å². The van der Waals surface area contributed by atoms with Crippen LogP contribution in [-0.4, -0.2) is 24.6 Å². The molecule has 0 N–H and O–H groups in total. The number of nitrogens with zero attached hydrogens (tertiary/aromatic N) is 2. The molecule has 0 saturated heterocycles. The van der Waals surface area contributed by atoms with E-state index in [1.54, 1.807) is 0 Å². The van der Waals surface area contributed by atoms with Gasteiger partial charge in [0.1, 0.15) is 18.4 Å². The summed E-state index contributed by atoms with van der Waals surface area (Å²) in [5, 5.41) is 0. The molecule has 118 valence electrons. The molecular formula is C13H26N2O4S. The number of hydrogen-bond donors (Lipinski definition) is 0. The van der Waals surface area contributed by atoms with Crippen molar-refractivity contribution in [1.82, 2.24) is 4.57 Å². The van der Waals surface area contributed by atoms with E-state index in [4.69, 9.17) is 0 Å². The lowest BCUT2D eigenvalue weighted by molar-refractivity contribution is -0.671. The second-order valence-corrected chi connectivity index (χ2v) is 5.84. The van der Waals surface area contributed by atoms with Crippen LogP contribution in [-0.2, 0) is 21.6 Å². The summed E-state index contributed by atoms with van der Waals surface area (Å²) < 4.78 is 35.5. The molecule has 0 radical (unpaired) electrons. The van der Waals surface area contributed by atoms with E-state index in [0.29, 0.717) is 6.04 Å². The second kappa shape index (κ2) is 9.90. The fraction of sp³-hybridized carbons (Fsp3) is 0.769. The van der Waals surface area contributed by atoms with Crippen LogP contribution in [0.3, 0.4) is 0 Å². The van der Waals surface area contributed by atoms with Gasteiger partial charge in [-0.25, -0.2) is 17.6 Å². The lowest BCUT2D eigenvalue weighted by Crippen LogP contribution is -2.24. The highest BCUT2D eigenvalue weighted by Gasteiger charge is 2.14. The van der Waals surface area contributed by atoms with Crippen molar-refractivity contribution in [2.75, 3.05) is 7.11 Å². The Balaban J connectivity index is 0.000000511. The van der Waals surface area contributed by atoms with Crippen molar-refractivity contribution in [3.63, 3.8) is 0 Å². The van der Waals surface area contributed by atoms with Gasteiger partial charge >= 0.3 is 0 Å². The zero-order chi connectivity index (χ0) is 15.6. The first-order valence-corrected chi connectivity index (χ1v) is 8.21. The molecule has 0 aliphatic rings. The number of imidazole rings is 1. The third kappa shape index (κ3) is 9.06. The van der Waals surface area contributed by atoms with Crippen molar-refractivity contribution in [2.45, 2.75) is 52.0 Å². The van der Waals surface area contributed by atoms with Crippen molar-refractivity contribution >= 4 is 10.4 Å². The summed E-state index contributed by atoms with van der Waals surface area (Å²) >= 11 is 0. The summed E-state index contributed by atoms with van der Waals surface area (Å²) in [5.41, 5.74) is 0. The molecule has 0 saturated carbocycles. The lowest BCUT2D eigenvalue weighted by Gasteiger charge is -2.11. The van der Waals surface area contributed by atoms with Gasteiger partial charge in [0.2, 0.25) is 16.7 Å². The summed E-state index contributed by atoms with van der Waals surface area (Å²) in [6.45, 7) is 4.53. The van der Waals surface area contributed by atoms with E-state index in [1.165, 1.54) is 32.1 Å². The molecule has 1 unspecified atom stereocenters. The highest BCUT2D eigenvalue weighted by molar-refractivity contribution is 7.80. The van der Waals surface area contributed by atoms with Gasteiger partial charge < -0.3 is 4.55 Å². The molecule has 0 aromatic carbocycles. The maximum atomic E-state index is 9.22. The van der Waals surface area contributed by atoms with E-state index in [-0.39, 0.29) is 0 Å². The third-order valence-corrected chi connectivity index (χ3v) is 3.34. The Morgan fingerprint density at radius 2 is 1.90 bits per heavy atom.